The first-order valence-electron chi connectivity index (χ1n) is 11.2. The zero-order chi connectivity index (χ0) is 31.2. The average Bonchev–Trinajstić information content (AvgIpc) is 2.93. The molecule has 0 atom stereocenters. The Labute approximate surface area is 297 Å². The fraction of sp³-hybridized carbons (Fsp3) is 0.292. The summed E-state index contributed by atoms with van der Waals surface area (Å²) in [6.07, 6.45) is 6.49. The summed E-state index contributed by atoms with van der Waals surface area (Å²) < 4.78 is 13.5. The summed E-state index contributed by atoms with van der Waals surface area (Å²) >= 11 is 10.9. The van der Waals surface area contributed by atoms with Crippen LogP contribution in [0.25, 0.3) is 0 Å². The Hall–Kier alpha value is -1.88. The molecule has 0 saturated heterocycles. The SMILES string of the molecule is COC(=O)c1nccc(C)n1.Cc1ccnc(CCl)n1.Cc1ccnc(CO)n1.Cc1ccnc(Cl)n1.O=S(Cl)Cl.[B].[H-].[Na+]. The Kier molecular flexibility index (Phi) is 29.3. The number of aryl methyl sites for hydroxylation is 4. The van der Waals surface area contributed by atoms with Crippen molar-refractivity contribution in [3.8, 4) is 0 Å². The van der Waals surface area contributed by atoms with Crippen molar-refractivity contribution in [1.29, 1.82) is 0 Å². The first kappa shape index (κ1) is 45.6. The summed E-state index contributed by atoms with van der Waals surface area (Å²) in [4.78, 5) is 41.6. The Balaban J connectivity index is -0.000000229. The van der Waals surface area contributed by atoms with E-state index in [-0.39, 0.29) is 51.8 Å². The number of alkyl halides is 1. The number of methoxy groups -OCH3 is 1. The molecule has 43 heavy (non-hydrogen) atoms. The molecule has 4 aromatic heterocycles. The zero-order valence-electron chi connectivity index (χ0n) is 25.3. The second-order valence-electron chi connectivity index (χ2n) is 7.18. The maximum absolute atomic E-state index is 10.8. The number of rotatable bonds is 3. The minimum atomic E-state index is -1.67. The quantitative estimate of drug-likeness (QED) is 0.108. The van der Waals surface area contributed by atoms with Gasteiger partial charge in [0.05, 0.1) is 13.0 Å². The molecule has 0 aromatic carbocycles. The minimum Gasteiger partial charge on any atom is -1.00 e. The van der Waals surface area contributed by atoms with Gasteiger partial charge < -0.3 is 11.3 Å². The molecule has 0 saturated carbocycles. The van der Waals surface area contributed by atoms with Crippen LogP contribution in [0.15, 0.2) is 49.1 Å². The molecule has 227 valence electrons. The number of ether oxygens (including phenoxy) is 1. The molecular weight excluding hydrogens is 672 g/mol. The molecule has 0 bridgehead atoms. The summed E-state index contributed by atoms with van der Waals surface area (Å²) in [6.45, 7) is 7.35. The topological polar surface area (TPSA) is 167 Å². The predicted octanol–water partition coefficient (Wildman–Crippen LogP) is 1.59. The van der Waals surface area contributed by atoms with E-state index in [0.717, 1.165) is 22.8 Å². The van der Waals surface area contributed by atoms with Gasteiger partial charge in [-0.1, -0.05) is 0 Å². The third kappa shape index (κ3) is 25.2. The molecule has 0 aliphatic carbocycles. The van der Waals surface area contributed by atoms with Crippen molar-refractivity contribution < 1.29 is 49.8 Å². The summed E-state index contributed by atoms with van der Waals surface area (Å²) in [5, 5.41) is 8.85. The van der Waals surface area contributed by atoms with Gasteiger partial charge in [-0.3, -0.25) is 0 Å². The molecule has 0 spiro atoms. The van der Waals surface area contributed by atoms with Gasteiger partial charge >= 0.3 is 35.5 Å². The van der Waals surface area contributed by atoms with Gasteiger partial charge in [-0.15, -0.1) is 11.6 Å². The van der Waals surface area contributed by atoms with E-state index in [1.54, 1.807) is 43.7 Å². The molecule has 19 heteroatoms. The second kappa shape index (κ2) is 27.7. The van der Waals surface area contributed by atoms with E-state index in [4.69, 9.17) is 32.5 Å². The third-order valence-corrected chi connectivity index (χ3v) is 4.30. The van der Waals surface area contributed by atoms with E-state index in [1.807, 2.05) is 26.8 Å². The van der Waals surface area contributed by atoms with Gasteiger partial charge in [-0.05, 0) is 63.6 Å². The van der Waals surface area contributed by atoms with Crippen LogP contribution in [-0.2, 0) is 26.5 Å². The van der Waals surface area contributed by atoms with Crippen molar-refractivity contribution in [3.63, 3.8) is 0 Å². The molecule has 4 heterocycles. The third-order valence-electron chi connectivity index (χ3n) is 3.88. The number of carbonyl (C=O) groups is 1. The van der Waals surface area contributed by atoms with Crippen molar-refractivity contribution in [2.24, 2.45) is 0 Å². The number of hydrogen-bond acceptors (Lipinski definition) is 12. The molecule has 0 unspecified atom stereocenters. The molecule has 1 N–H and O–H groups in total. The first-order valence-corrected chi connectivity index (χ1v) is 14.9. The van der Waals surface area contributed by atoms with Crippen LogP contribution in [0.2, 0.25) is 5.28 Å². The van der Waals surface area contributed by atoms with Crippen molar-refractivity contribution in [2.75, 3.05) is 7.11 Å². The molecule has 4 aromatic rings. The fourth-order valence-electron chi connectivity index (χ4n) is 2.20. The largest absolute Gasteiger partial charge is 1.00 e. The maximum atomic E-state index is 10.8. The maximum Gasteiger partial charge on any atom is 1.00 e. The van der Waals surface area contributed by atoms with Gasteiger partial charge in [0.25, 0.3) is 0 Å². The molecule has 3 radical (unpaired) electrons. The van der Waals surface area contributed by atoms with Crippen LogP contribution >= 0.6 is 44.6 Å². The molecule has 0 aliphatic heterocycles. The number of halogens is 4. The van der Waals surface area contributed by atoms with Gasteiger partial charge in [0, 0.05) is 77.3 Å². The molecule has 0 fully saturated rings. The van der Waals surface area contributed by atoms with Crippen molar-refractivity contribution in [3.05, 3.63) is 94.6 Å². The zero-order valence-corrected chi connectivity index (χ0v) is 30.1. The average molecular weight is 701 g/mol. The summed E-state index contributed by atoms with van der Waals surface area (Å²) in [5.41, 5.74) is 3.49. The van der Waals surface area contributed by atoms with Gasteiger partial charge in [0.15, 0.2) is 5.82 Å². The van der Waals surface area contributed by atoms with Gasteiger partial charge in [0.2, 0.25) is 20.3 Å². The molecule has 0 aliphatic rings. The normalized spacial score (nSPS) is 8.91. The van der Waals surface area contributed by atoms with Crippen LogP contribution in [0, 0.1) is 27.7 Å². The number of aromatic nitrogens is 8. The van der Waals surface area contributed by atoms with Crippen molar-refractivity contribution in [2.45, 2.75) is 40.2 Å². The number of aliphatic hydroxyl groups is 1. The predicted molar refractivity (Wildman–Crippen MR) is 166 cm³/mol. The number of esters is 1. The van der Waals surface area contributed by atoms with Crippen molar-refractivity contribution >= 4 is 68.2 Å². The number of aliphatic hydroxyl groups excluding tert-OH is 1. The minimum absolute atomic E-state index is 0. The van der Waals surface area contributed by atoms with E-state index in [1.165, 1.54) is 13.3 Å². The number of carbonyl (C=O) groups excluding carboxylic acids is 1. The van der Waals surface area contributed by atoms with Crippen LogP contribution in [0.3, 0.4) is 0 Å². The second-order valence-corrected chi connectivity index (χ2v) is 10.3. The number of nitrogens with zero attached hydrogens (tertiary/aromatic N) is 8. The van der Waals surface area contributed by atoms with Gasteiger partial charge in [0.1, 0.15) is 12.4 Å². The van der Waals surface area contributed by atoms with E-state index in [9.17, 15) is 4.79 Å². The van der Waals surface area contributed by atoms with Crippen LogP contribution in [0.4, 0.5) is 0 Å². The van der Waals surface area contributed by atoms with Crippen LogP contribution < -0.4 is 29.6 Å². The monoisotopic (exact) mass is 699 g/mol. The van der Waals surface area contributed by atoms with Gasteiger partial charge in [-0.2, -0.15) is 0 Å². The van der Waals surface area contributed by atoms with Gasteiger partial charge in [-0.25, -0.2) is 48.9 Å². The van der Waals surface area contributed by atoms with Crippen molar-refractivity contribution in [1.82, 2.24) is 39.9 Å². The Morgan fingerprint density at radius 2 is 1.21 bits per heavy atom. The first-order chi connectivity index (χ1) is 19.4. The smallest absolute Gasteiger partial charge is 1.00 e. The van der Waals surface area contributed by atoms with Crippen LogP contribution in [0.1, 0.15) is 46.5 Å². The van der Waals surface area contributed by atoms with Crippen LogP contribution in [0.5, 0.6) is 0 Å². The van der Waals surface area contributed by atoms with E-state index < -0.39 is 15.2 Å². The summed E-state index contributed by atoms with van der Waals surface area (Å²) in [7, 11) is 8.66. The number of hydrogen-bond donors (Lipinski definition) is 1. The summed E-state index contributed by atoms with van der Waals surface area (Å²) in [6, 6.07) is 7.15. The Bertz CT molecular complexity index is 1310. The fourth-order valence-corrected chi connectivity index (χ4v) is 2.52. The Morgan fingerprint density at radius 1 is 0.814 bits per heavy atom. The standard InChI is InChI=1S/C7H8N2O2.C6H7ClN2.C6H8N2O.C5H5ClN2.B.Cl2OS.Na.H/c1-5-3-4-8-6(9-5)7(10)11-2;1-5-2-3-8-6(4-7)9-5;1-5-2-3-7-6(4-9)8-5;1-4-2-3-7-5(6)8-4;;1-4(2)3;;/h3-4H,1-2H3;2-3H,4H2,1H3;2-3,9H,4H2,1H3;2-3H,1H3;;;;/q;;;;;;+1;-1. The van der Waals surface area contributed by atoms with E-state index >= 15 is 0 Å². The Morgan fingerprint density at radius 3 is 1.51 bits per heavy atom. The van der Waals surface area contributed by atoms with Crippen LogP contribution in [-0.4, -0.2) is 70.7 Å². The van der Waals surface area contributed by atoms with E-state index in [2.05, 4.69) is 66.0 Å². The molecule has 4 rings (SSSR count). The summed E-state index contributed by atoms with van der Waals surface area (Å²) in [5.74, 6) is 1.16. The molecule has 12 nitrogen and oxygen atoms in total. The van der Waals surface area contributed by atoms with E-state index in [0.29, 0.717) is 22.8 Å². The molecule has 0 amide bonds. The molecular formula is C24H29BCl4N8NaO4S.